The van der Waals surface area contributed by atoms with Crippen LogP contribution in [0, 0.1) is 17.8 Å². The monoisotopic (exact) mass is 1560 g/mol. The third-order valence-electron chi connectivity index (χ3n) is 21.0. The van der Waals surface area contributed by atoms with Crippen LogP contribution in [0.1, 0.15) is 466 Å². The van der Waals surface area contributed by atoms with E-state index in [1.165, 1.54) is 276 Å². The summed E-state index contributed by atoms with van der Waals surface area (Å²) in [6.07, 6.45) is 69.3. The van der Waals surface area contributed by atoms with Gasteiger partial charge in [0, 0.05) is 25.7 Å². The molecule has 0 aromatic carbocycles. The molecular formula is C88H172O17P2. The molecule has 6 atom stereocenters. The van der Waals surface area contributed by atoms with Gasteiger partial charge in [0.1, 0.15) is 19.3 Å². The maximum Gasteiger partial charge on any atom is 0.472 e. The van der Waals surface area contributed by atoms with Gasteiger partial charge in [0.15, 0.2) is 12.2 Å². The van der Waals surface area contributed by atoms with Crippen molar-refractivity contribution in [3.8, 4) is 0 Å². The Labute approximate surface area is 658 Å². The van der Waals surface area contributed by atoms with E-state index in [1.807, 2.05) is 0 Å². The molecule has 0 bridgehead atoms. The molecule has 19 heteroatoms. The number of unbranched alkanes of at least 4 members (excludes halogenated alkanes) is 53. The van der Waals surface area contributed by atoms with Crippen LogP contribution in [0.4, 0.5) is 0 Å². The van der Waals surface area contributed by atoms with Gasteiger partial charge in [-0.15, -0.1) is 0 Å². The first-order chi connectivity index (χ1) is 51.8. The summed E-state index contributed by atoms with van der Waals surface area (Å²) >= 11 is 0. The maximum atomic E-state index is 13.2. The normalized spacial score (nSPS) is 14.1. The number of aliphatic hydroxyl groups excluding tert-OH is 1. The van der Waals surface area contributed by atoms with Crippen LogP contribution < -0.4 is 0 Å². The van der Waals surface area contributed by atoms with Gasteiger partial charge in [0.05, 0.1) is 26.4 Å². The summed E-state index contributed by atoms with van der Waals surface area (Å²) in [7, 11) is -9.93. The zero-order valence-electron chi connectivity index (χ0n) is 70.6. The highest BCUT2D eigenvalue weighted by atomic mass is 31.2. The Morgan fingerprint density at radius 3 is 0.710 bits per heavy atom. The number of hydrogen-bond acceptors (Lipinski definition) is 15. The first-order valence-electron chi connectivity index (χ1n) is 45.4. The van der Waals surface area contributed by atoms with Crippen LogP contribution in [0.15, 0.2) is 0 Å². The van der Waals surface area contributed by atoms with Gasteiger partial charge in [0.2, 0.25) is 0 Å². The molecule has 0 amide bonds. The third kappa shape index (κ3) is 80.5. The van der Waals surface area contributed by atoms with Crippen molar-refractivity contribution in [3.05, 3.63) is 0 Å². The van der Waals surface area contributed by atoms with Gasteiger partial charge >= 0.3 is 39.5 Å². The predicted molar refractivity (Wildman–Crippen MR) is 441 cm³/mol. The molecule has 0 radical (unpaired) electrons. The predicted octanol–water partition coefficient (Wildman–Crippen LogP) is 26.9. The zero-order valence-corrected chi connectivity index (χ0v) is 72.4. The van der Waals surface area contributed by atoms with Crippen LogP contribution in [0.2, 0.25) is 0 Å². The molecule has 0 spiro atoms. The number of aliphatic hydroxyl groups is 1. The van der Waals surface area contributed by atoms with Crippen LogP contribution in [0.5, 0.6) is 0 Å². The number of carbonyl (C=O) groups excluding carboxylic acids is 4. The minimum Gasteiger partial charge on any atom is -0.462 e. The number of carbonyl (C=O) groups is 4. The van der Waals surface area contributed by atoms with Crippen LogP contribution >= 0.6 is 15.6 Å². The summed E-state index contributed by atoms with van der Waals surface area (Å²) in [6.45, 7) is 12.1. The van der Waals surface area contributed by atoms with Crippen LogP contribution in [0.3, 0.4) is 0 Å². The van der Waals surface area contributed by atoms with E-state index >= 15 is 0 Å². The van der Waals surface area contributed by atoms with Gasteiger partial charge in [-0.05, 0) is 43.4 Å². The van der Waals surface area contributed by atoms with E-state index in [-0.39, 0.29) is 25.7 Å². The molecule has 0 heterocycles. The number of phosphoric acid groups is 2. The van der Waals surface area contributed by atoms with Crippen LogP contribution in [-0.2, 0) is 65.4 Å². The lowest BCUT2D eigenvalue weighted by molar-refractivity contribution is -0.161. The van der Waals surface area contributed by atoms with E-state index in [4.69, 9.17) is 37.0 Å². The fourth-order valence-electron chi connectivity index (χ4n) is 13.7. The lowest BCUT2D eigenvalue weighted by Gasteiger charge is -2.21. The Morgan fingerprint density at radius 2 is 0.477 bits per heavy atom. The van der Waals surface area contributed by atoms with E-state index < -0.39 is 97.5 Å². The summed E-state index contributed by atoms with van der Waals surface area (Å²) in [5.74, 6) is 0.302. The van der Waals surface area contributed by atoms with Crippen molar-refractivity contribution in [1.29, 1.82) is 0 Å². The molecule has 0 aliphatic rings. The average Bonchev–Trinajstić information content (AvgIpc) is 0.900. The summed E-state index contributed by atoms with van der Waals surface area (Å²) in [4.78, 5) is 73.3. The third-order valence-corrected chi connectivity index (χ3v) is 22.9. The molecular weight excluding hydrogens is 1390 g/mol. The molecule has 0 saturated heterocycles. The molecule has 0 aliphatic carbocycles. The van der Waals surface area contributed by atoms with E-state index in [1.54, 1.807) is 0 Å². The smallest absolute Gasteiger partial charge is 0.462 e. The molecule has 0 rings (SSSR count). The van der Waals surface area contributed by atoms with E-state index in [2.05, 4.69) is 48.5 Å². The summed E-state index contributed by atoms with van der Waals surface area (Å²) in [6, 6.07) is 0. The fourth-order valence-corrected chi connectivity index (χ4v) is 15.3. The molecule has 107 heavy (non-hydrogen) atoms. The van der Waals surface area contributed by atoms with Crippen molar-refractivity contribution in [2.24, 2.45) is 17.8 Å². The van der Waals surface area contributed by atoms with E-state index in [0.717, 1.165) is 108 Å². The molecule has 0 aliphatic heterocycles. The summed E-state index contributed by atoms with van der Waals surface area (Å²) < 4.78 is 69.0. The van der Waals surface area contributed by atoms with Crippen molar-refractivity contribution < 1.29 is 80.2 Å². The maximum absolute atomic E-state index is 13.2. The number of rotatable bonds is 86. The second kappa shape index (κ2) is 78.0. The number of phosphoric ester groups is 2. The SMILES string of the molecule is CCCCCCCCCCCCCCCCCCCCC(=O)O[C@H](COC(=O)CCCCCCCCCCCC(C)C)COP(=O)(O)OC[C@H](O)COP(=O)(O)OC[C@@H](COC(=O)CCCCCCCCCCCCCCCCC(C)CC)OC(=O)CCCCCCCCCCCCCCCCCCC(C)C. The van der Waals surface area contributed by atoms with Gasteiger partial charge < -0.3 is 33.8 Å². The van der Waals surface area contributed by atoms with Gasteiger partial charge in [0.25, 0.3) is 0 Å². The van der Waals surface area contributed by atoms with E-state index in [9.17, 15) is 43.2 Å². The second-order valence-corrected chi connectivity index (χ2v) is 35.7. The highest BCUT2D eigenvalue weighted by Gasteiger charge is 2.31. The fraction of sp³-hybridized carbons (Fsp3) is 0.955. The molecule has 0 saturated carbocycles. The quantitative estimate of drug-likeness (QED) is 0.0222. The number of ether oxygens (including phenoxy) is 4. The highest BCUT2D eigenvalue weighted by Crippen LogP contribution is 2.45. The molecule has 636 valence electrons. The summed E-state index contributed by atoms with van der Waals surface area (Å²) in [5, 5.41) is 10.7. The van der Waals surface area contributed by atoms with Crippen molar-refractivity contribution >= 4 is 39.5 Å². The largest absolute Gasteiger partial charge is 0.472 e. The molecule has 0 aromatic rings. The van der Waals surface area contributed by atoms with Gasteiger partial charge in [-0.25, -0.2) is 9.13 Å². The zero-order chi connectivity index (χ0) is 78.6. The Bertz CT molecular complexity index is 2060. The number of hydrogen-bond donors (Lipinski definition) is 3. The van der Waals surface area contributed by atoms with E-state index in [0.29, 0.717) is 25.7 Å². The van der Waals surface area contributed by atoms with Gasteiger partial charge in [-0.2, -0.15) is 0 Å². The van der Waals surface area contributed by atoms with Crippen LogP contribution in [-0.4, -0.2) is 96.7 Å². The van der Waals surface area contributed by atoms with Crippen molar-refractivity contribution in [2.75, 3.05) is 39.6 Å². The summed E-state index contributed by atoms with van der Waals surface area (Å²) in [5.41, 5.74) is 0. The minimum atomic E-state index is -4.97. The lowest BCUT2D eigenvalue weighted by atomic mass is 9.99. The van der Waals surface area contributed by atoms with Gasteiger partial charge in [-0.1, -0.05) is 414 Å². The number of esters is 4. The van der Waals surface area contributed by atoms with Gasteiger partial charge in [-0.3, -0.25) is 37.3 Å². The Balaban J connectivity index is 5.26. The molecule has 17 nitrogen and oxygen atoms in total. The Hall–Kier alpha value is -1.94. The average molecular weight is 1560 g/mol. The van der Waals surface area contributed by atoms with Crippen molar-refractivity contribution in [3.63, 3.8) is 0 Å². The van der Waals surface area contributed by atoms with Crippen LogP contribution in [0.25, 0.3) is 0 Å². The lowest BCUT2D eigenvalue weighted by Crippen LogP contribution is -2.30. The molecule has 0 aromatic heterocycles. The topological polar surface area (TPSA) is 237 Å². The van der Waals surface area contributed by atoms with Crippen molar-refractivity contribution in [2.45, 2.75) is 484 Å². The molecule has 0 fully saturated rings. The second-order valence-electron chi connectivity index (χ2n) is 32.8. The molecule has 3 unspecified atom stereocenters. The Kier molecular flexibility index (Phi) is 76.6. The first kappa shape index (κ1) is 105. The standard InChI is InChI=1S/C88H172O17P2/c1-8-10-11-12-13-14-15-16-17-18-19-23-30-35-42-50-57-64-71-88(93)105-84(76-99-86(91)70-63-56-49-44-37-39-46-53-60-67-80(5)6)78-103-107(96,97)101-74-82(89)73-100-106(94,95)102-77-83(75-98-85(90)69-62-55-48-41-34-29-26-25-28-33-40-47-54-61-68-81(7)9-2)104-87(92)72-65-58-51-43-36-31-24-21-20-22-27-32-38-45-52-59-66-79(3)4/h79-84,89H,8-78H2,1-7H3,(H,94,95)(H,96,97)/t81?,82-,83-,84-/m1/s1. The first-order valence-corrected chi connectivity index (χ1v) is 48.4. The minimum absolute atomic E-state index is 0.108. The molecule has 3 N–H and O–H groups in total. The van der Waals surface area contributed by atoms with Crippen molar-refractivity contribution in [1.82, 2.24) is 0 Å². The Morgan fingerprint density at radius 1 is 0.271 bits per heavy atom. The highest BCUT2D eigenvalue weighted by molar-refractivity contribution is 7.47.